The van der Waals surface area contributed by atoms with Crippen LogP contribution in [0.25, 0.3) is 0 Å². The second-order valence-electron chi connectivity index (χ2n) is 4.00. The first-order valence-electron chi connectivity index (χ1n) is 5.22. The van der Waals surface area contributed by atoms with E-state index >= 15 is 0 Å². The molecule has 1 unspecified atom stereocenters. The van der Waals surface area contributed by atoms with E-state index in [9.17, 15) is 0 Å². The molecule has 1 atom stereocenters. The molecule has 0 aromatic heterocycles. The lowest BCUT2D eigenvalue weighted by atomic mass is 9.86. The average Bonchev–Trinajstić information content (AvgIpc) is 2.77. The van der Waals surface area contributed by atoms with Gasteiger partial charge in [-0.1, -0.05) is 38.3 Å². The van der Waals surface area contributed by atoms with Gasteiger partial charge in [0.2, 0.25) is 0 Å². The molecule has 2 aliphatic rings. The first kappa shape index (κ1) is 8.31. The monoisotopic (exact) mass is 166 g/mol. The number of ether oxygens (including phenoxy) is 1. The third-order valence-electron chi connectivity index (χ3n) is 3.07. The maximum atomic E-state index is 5.76. The Morgan fingerprint density at radius 1 is 1.33 bits per heavy atom. The zero-order valence-corrected chi connectivity index (χ0v) is 7.88. The van der Waals surface area contributed by atoms with E-state index in [0.29, 0.717) is 11.7 Å². The topological polar surface area (TPSA) is 12.5 Å². The Balaban J connectivity index is 1.86. The van der Waals surface area contributed by atoms with Crippen LogP contribution >= 0.6 is 0 Å². The highest BCUT2D eigenvalue weighted by atomic mass is 16.6. The van der Waals surface area contributed by atoms with E-state index in [4.69, 9.17) is 4.74 Å². The largest absolute Gasteiger partial charge is 0.362 e. The van der Waals surface area contributed by atoms with Gasteiger partial charge >= 0.3 is 0 Å². The molecule has 2 rings (SSSR count). The summed E-state index contributed by atoms with van der Waals surface area (Å²) in [5.41, 5.74) is 0.309. The smallest absolute Gasteiger partial charge is 0.105 e. The average molecular weight is 166 g/mol. The summed E-state index contributed by atoms with van der Waals surface area (Å²) in [7, 11) is 0. The lowest BCUT2D eigenvalue weighted by Gasteiger charge is -2.17. The van der Waals surface area contributed by atoms with Gasteiger partial charge in [-0.25, -0.2) is 0 Å². The molecule has 0 aromatic rings. The van der Waals surface area contributed by atoms with E-state index in [-0.39, 0.29) is 0 Å². The molecule has 1 aliphatic heterocycles. The summed E-state index contributed by atoms with van der Waals surface area (Å²) in [6.07, 6.45) is 12.8. The van der Waals surface area contributed by atoms with Crippen LogP contribution in [0.15, 0.2) is 12.2 Å². The highest BCUT2D eigenvalue weighted by Crippen LogP contribution is 2.48. The van der Waals surface area contributed by atoms with Crippen molar-refractivity contribution in [1.29, 1.82) is 0 Å². The minimum atomic E-state index is 0.309. The predicted octanol–water partition coefficient (Wildman–Crippen LogP) is 3.05. The number of hydrogen-bond donors (Lipinski definition) is 0. The number of epoxide rings is 1. The Labute approximate surface area is 74.8 Å². The van der Waals surface area contributed by atoms with Crippen molar-refractivity contribution in [2.24, 2.45) is 0 Å². The number of rotatable bonds is 2. The number of hydrogen-bond acceptors (Lipinski definition) is 1. The Bertz CT molecular complexity index is 177. The Hall–Kier alpha value is -0.300. The van der Waals surface area contributed by atoms with Crippen LogP contribution in [-0.2, 0) is 4.74 Å². The van der Waals surface area contributed by atoms with Crippen molar-refractivity contribution in [3.63, 3.8) is 0 Å². The molecule has 1 spiro atoms. The molecule has 1 nitrogen and oxygen atoms in total. The quantitative estimate of drug-likeness (QED) is 0.453. The third-order valence-corrected chi connectivity index (χ3v) is 3.07. The molecule has 0 N–H and O–H groups in total. The minimum absolute atomic E-state index is 0.309. The van der Waals surface area contributed by atoms with E-state index in [1.807, 2.05) is 0 Å². The van der Waals surface area contributed by atoms with Crippen molar-refractivity contribution < 1.29 is 4.74 Å². The lowest BCUT2D eigenvalue weighted by Crippen LogP contribution is -2.18. The van der Waals surface area contributed by atoms with Gasteiger partial charge in [0.25, 0.3) is 0 Å². The molecule has 1 aliphatic carbocycles. The van der Waals surface area contributed by atoms with E-state index < -0.39 is 0 Å². The van der Waals surface area contributed by atoms with Gasteiger partial charge in [-0.15, -0.1) is 0 Å². The summed E-state index contributed by atoms with van der Waals surface area (Å²) in [5, 5.41) is 0. The fourth-order valence-corrected chi connectivity index (χ4v) is 2.25. The summed E-state index contributed by atoms with van der Waals surface area (Å²) in [5.74, 6) is 0. The van der Waals surface area contributed by atoms with Crippen molar-refractivity contribution in [2.45, 2.75) is 57.2 Å². The highest BCUT2D eigenvalue weighted by Gasteiger charge is 2.54. The van der Waals surface area contributed by atoms with Gasteiger partial charge in [0.1, 0.15) is 6.10 Å². The summed E-state index contributed by atoms with van der Waals surface area (Å²) < 4.78 is 5.76. The molecule has 68 valence electrons. The van der Waals surface area contributed by atoms with Crippen molar-refractivity contribution >= 4 is 0 Å². The van der Waals surface area contributed by atoms with Crippen LogP contribution in [0.1, 0.15) is 45.4 Å². The molecular weight excluding hydrogens is 148 g/mol. The van der Waals surface area contributed by atoms with Gasteiger partial charge in [-0.2, -0.15) is 0 Å². The normalized spacial score (nSPS) is 32.9. The highest BCUT2D eigenvalue weighted by molar-refractivity contribution is 5.13. The Kier molecular flexibility index (Phi) is 2.22. The fraction of sp³-hybridized carbons (Fsp3) is 0.818. The molecule has 1 saturated carbocycles. The van der Waals surface area contributed by atoms with E-state index in [1.165, 1.54) is 32.1 Å². The zero-order valence-electron chi connectivity index (χ0n) is 7.88. The summed E-state index contributed by atoms with van der Waals surface area (Å²) in [4.78, 5) is 0. The van der Waals surface area contributed by atoms with Crippen molar-refractivity contribution in [3.05, 3.63) is 12.2 Å². The molecule has 12 heavy (non-hydrogen) atoms. The molecule has 1 heteroatoms. The summed E-state index contributed by atoms with van der Waals surface area (Å²) in [6, 6.07) is 0. The molecule has 2 fully saturated rings. The van der Waals surface area contributed by atoms with Gasteiger partial charge in [0.15, 0.2) is 0 Å². The van der Waals surface area contributed by atoms with Crippen LogP contribution in [0, 0.1) is 0 Å². The second-order valence-corrected chi connectivity index (χ2v) is 4.00. The lowest BCUT2D eigenvalue weighted by molar-refractivity contribution is 0.235. The minimum Gasteiger partial charge on any atom is -0.362 e. The molecule has 0 radical (unpaired) electrons. The van der Waals surface area contributed by atoms with Crippen molar-refractivity contribution in [2.75, 3.05) is 0 Å². The van der Waals surface area contributed by atoms with Crippen LogP contribution in [0.4, 0.5) is 0 Å². The Morgan fingerprint density at radius 3 is 2.75 bits per heavy atom. The second kappa shape index (κ2) is 3.21. The van der Waals surface area contributed by atoms with E-state index in [2.05, 4.69) is 19.1 Å². The summed E-state index contributed by atoms with van der Waals surface area (Å²) >= 11 is 0. The first-order valence-corrected chi connectivity index (χ1v) is 5.22. The predicted molar refractivity (Wildman–Crippen MR) is 50.1 cm³/mol. The molecule has 0 amide bonds. The SMILES string of the molecule is CC/C=C/C1OC12CCCCC2. The molecular formula is C11H18O. The molecule has 0 bridgehead atoms. The van der Waals surface area contributed by atoms with Crippen LogP contribution in [0.3, 0.4) is 0 Å². The van der Waals surface area contributed by atoms with Gasteiger partial charge < -0.3 is 4.74 Å². The van der Waals surface area contributed by atoms with Crippen LogP contribution in [-0.4, -0.2) is 11.7 Å². The van der Waals surface area contributed by atoms with Crippen LogP contribution in [0.5, 0.6) is 0 Å². The van der Waals surface area contributed by atoms with Crippen LogP contribution in [0.2, 0.25) is 0 Å². The van der Waals surface area contributed by atoms with Gasteiger partial charge in [0, 0.05) is 0 Å². The fourth-order valence-electron chi connectivity index (χ4n) is 2.25. The maximum Gasteiger partial charge on any atom is 0.105 e. The number of allylic oxidation sites excluding steroid dienone is 1. The molecule has 0 aromatic carbocycles. The summed E-state index contributed by atoms with van der Waals surface area (Å²) in [6.45, 7) is 2.17. The first-order chi connectivity index (χ1) is 5.87. The third kappa shape index (κ3) is 1.42. The Morgan fingerprint density at radius 2 is 2.08 bits per heavy atom. The van der Waals surface area contributed by atoms with Gasteiger partial charge in [-0.3, -0.25) is 0 Å². The maximum absolute atomic E-state index is 5.76. The van der Waals surface area contributed by atoms with Crippen molar-refractivity contribution in [3.8, 4) is 0 Å². The molecule has 1 saturated heterocycles. The van der Waals surface area contributed by atoms with E-state index in [1.54, 1.807) is 0 Å². The zero-order chi connectivity index (χ0) is 8.44. The van der Waals surface area contributed by atoms with E-state index in [0.717, 1.165) is 6.42 Å². The van der Waals surface area contributed by atoms with Crippen LogP contribution < -0.4 is 0 Å². The van der Waals surface area contributed by atoms with Gasteiger partial charge in [0.05, 0.1) is 5.60 Å². The standard InChI is InChI=1S/C11H18O/c1-2-3-7-10-11(12-10)8-5-4-6-9-11/h3,7,10H,2,4-6,8-9H2,1H3/b7-3+. The van der Waals surface area contributed by atoms with Gasteiger partial charge in [-0.05, 0) is 19.3 Å². The van der Waals surface area contributed by atoms with Crippen molar-refractivity contribution in [1.82, 2.24) is 0 Å². The molecule has 1 heterocycles.